The standard InChI is InChI=1S/C16H28N4/c1-5-20(11-14-6-8-17-9-7-14)15-10-13(4)18-16(19-15)12(2)3/h10,12,14,17H,5-9,11H2,1-4H3. The van der Waals surface area contributed by atoms with Crippen molar-refractivity contribution in [3.05, 3.63) is 17.6 Å². The lowest BCUT2D eigenvalue weighted by Crippen LogP contribution is -2.36. The summed E-state index contributed by atoms with van der Waals surface area (Å²) in [5.41, 5.74) is 1.07. The Morgan fingerprint density at radius 2 is 2.00 bits per heavy atom. The van der Waals surface area contributed by atoms with Crippen LogP contribution in [0.2, 0.25) is 0 Å². The molecule has 1 saturated heterocycles. The molecule has 1 aromatic rings. The Hall–Kier alpha value is -1.16. The minimum Gasteiger partial charge on any atom is -0.357 e. The molecular formula is C16H28N4. The fourth-order valence-corrected chi connectivity index (χ4v) is 2.76. The Balaban J connectivity index is 2.13. The number of rotatable bonds is 5. The Kier molecular flexibility index (Phi) is 5.35. The molecule has 0 spiro atoms. The van der Waals surface area contributed by atoms with E-state index in [-0.39, 0.29) is 0 Å². The van der Waals surface area contributed by atoms with E-state index < -0.39 is 0 Å². The van der Waals surface area contributed by atoms with Gasteiger partial charge in [0.1, 0.15) is 11.6 Å². The third-order valence-electron chi connectivity index (χ3n) is 4.02. The van der Waals surface area contributed by atoms with Crippen LogP contribution in [-0.2, 0) is 0 Å². The second-order valence-corrected chi connectivity index (χ2v) is 6.11. The van der Waals surface area contributed by atoms with Crippen molar-refractivity contribution < 1.29 is 0 Å². The molecule has 1 aliphatic rings. The van der Waals surface area contributed by atoms with Gasteiger partial charge in [0.15, 0.2) is 0 Å². The van der Waals surface area contributed by atoms with E-state index in [1.165, 1.54) is 12.8 Å². The van der Waals surface area contributed by atoms with Crippen LogP contribution in [0.15, 0.2) is 6.07 Å². The van der Waals surface area contributed by atoms with Gasteiger partial charge < -0.3 is 10.2 Å². The van der Waals surface area contributed by atoms with E-state index in [0.29, 0.717) is 5.92 Å². The highest BCUT2D eigenvalue weighted by molar-refractivity contribution is 5.40. The largest absolute Gasteiger partial charge is 0.357 e. The highest BCUT2D eigenvalue weighted by Crippen LogP contribution is 2.20. The maximum Gasteiger partial charge on any atom is 0.133 e. The average molecular weight is 276 g/mol. The molecule has 4 nitrogen and oxygen atoms in total. The second-order valence-electron chi connectivity index (χ2n) is 6.11. The van der Waals surface area contributed by atoms with Crippen molar-refractivity contribution >= 4 is 5.82 Å². The van der Waals surface area contributed by atoms with E-state index in [0.717, 1.165) is 49.4 Å². The van der Waals surface area contributed by atoms with Crippen LogP contribution >= 0.6 is 0 Å². The third kappa shape index (κ3) is 3.92. The zero-order valence-electron chi connectivity index (χ0n) is 13.3. The molecule has 0 amide bonds. The summed E-state index contributed by atoms with van der Waals surface area (Å²) < 4.78 is 0. The van der Waals surface area contributed by atoms with Gasteiger partial charge in [0.05, 0.1) is 0 Å². The fourth-order valence-electron chi connectivity index (χ4n) is 2.76. The van der Waals surface area contributed by atoms with Crippen LogP contribution in [-0.4, -0.2) is 36.1 Å². The SMILES string of the molecule is CCN(CC1CCNCC1)c1cc(C)nc(C(C)C)n1. The summed E-state index contributed by atoms with van der Waals surface area (Å²) >= 11 is 0. The van der Waals surface area contributed by atoms with Gasteiger partial charge in [-0.25, -0.2) is 9.97 Å². The topological polar surface area (TPSA) is 41.0 Å². The van der Waals surface area contributed by atoms with Crippen LogP contribution in [0, 0.1) is 12.8 Å². The van der Waals surface area contributed by atoms with E-state index in [4.69, 9.17) is 4.98 Å². The molecule has 0 radical (unpaired) electrons. The van der Waals surface area contributed by atoms with E-state index >= 15 is 0 Å². The number of aryl methyl sites for hydroxylation is 1. The van der Waals surface area contributed by atoms with Crippen molar-refractivity contribution in [2.45, 2.75) is 46.5 Å². The number of piperidine rings is 1. The maximum atomic E-state index is 4.77. The quantitative estimate of drug-likeness (QED) is 0.898. The van der Waals surface area contributed by atoms with Gasteiger partial charge in [0, 0.05) is 30.8 Å². The van der Waals surface area contributed by atoms with E-state index in [1.54, 1.807) is 0 Å². The summed E-state index contributed by atoms with van der Waals surface area (Å²) in [5.74, 6) is 3.23. The molecule has 1 N–H and O–H groups in total. The van der Waals surface area contributed by atoms with Crippen LogP contribution in [0.1, 0.15) is 51.0 Å². The minimum atomic E-state index is 0.381. The summed E-state index contributed by atoms with van der Waals surface area (Å²) in [4.78, 5) is 11.7. The normalized spacial score (nSPS) is 16.6. The first-order valence-electron chi connectivity index (χ1n) is 7.91. The molecule has 20 heavy (non-hydrogen) atoms. The fraction of sp³-hybridized carbons (Fsp3) is 0.750. The van der Waals surface area contributed by atoms with Gasteiger partial charge in [-0.15, -0.1) is 0 Å². The van der Waals surface area contributed by atoms with Crippen LogP contribution in [0.5, 0.6) is 0 Å². The highest BCUT2D eigenvalue weighted by atomic mass is 15.2. The van der Waals surface area contributed by atoms with E-state index in [9.17, 15) is 0 Å². The number of nitrogens with one attached hydrogen (secondary N) is 1. The molecule has 0 saturated carbocycles. The van der Waals surface area contributed by atoms with Crippen molar-refractivity contribution in [3.8, 4) is 0 Å². The molecule has 0 aliphatic carbocycles. The van der Waals surface area contributed by atoms with Crippen LogP contribution < -0.4 is 10.2 Å². The Labute approximate surface area is 123 Å². The third-order valence-corrected chi connectivity index (χ3v) is 4.02. The number of aromatic nitrogens is 2. The molecule has 1 fully saturated rings. The number of hydrogen-bond donors (Lipinski definition) is 1. The lowest BCUT2D eigenvalue weighted by Gasteiger charge is -2.30. The Morgan fingerprint density at radius 1 is 1.30 bits per heavy atom. The van der Waals surface area contributed by atoms with E-state index in [1.807, 2.05) is 0 Å². The molecule has 0 atom stereocenters. The van der Waals surface area contributed by atoms with Gasteiger partial charge in [-0.1, -0.05) is 13.8 Å². The summed E-state index contributed by atoms with van der Waals surface area (Å²) in [6.45, 7) is 13.0. The molecule has 1 aromatic heterocycles. The Morgan fingerprint density at radius 3 is 2.60 bits per heavy atom. The highest BCUT2D eigenvalue weighted by Gasteiger charge is 2.18. The van der Waals surface area contributed by atoms with E-state index in [2.05, 4.69) is 49.0 Å². The van der Waals surface area contributed by atoms with Crippen molar-refractivity contribution in [2.24, 2.45) is 5.92 Å². The van der Waals surface area contributed by atoms with Crippen LogP contribution in [0.25, 0.3) is 0 Å². The Bertz CT molecular complexity index is 424. The molecule has 2 rings (SSSR count). The molecule has 2 heterocycles. The van der Waals surface area contributed by atoms with Crippen LogP contribution in [0.3, 0.4) is 0 Å². The molecule has 4 heteroatoms. The van der Waals surface area contributed by atoms with Gasteiger partial charge in [-0.2, -0.15) is 0 Å². The molecule has 0 bridgehead atoms. The summed E-state index contributed by atoms with van der Waals surface area (Å²) in [5, 5.41) is 3.43. The number of nitrogens with zero attached hydrogens (tertiary/aromatic N) is 3. The second kappa shape index (κ2) is 7.02. The molecule has 112 valence electrons. The minimum absolute atomic E-state index is 0.381. The average Bonchev–Trinajstić information content (AvgIpc) is 2.45. The molecular weight excluding hydrogens is 248 g/mol. The lowest BCUT2D eigenvalue weighted by molar-refractivity contribution is 0.374. The summed E-state index contributed by atoms with van der Waals surface area (Å²) in [7, 11) is 0. The molecule has 0 unspecified atom stereocenters. The van der Waals surface area contributed by atoms with Crippen molar-refractivity contribution in [3.63, 3.8) is 0 Å². The summed E-state index contributed by atoms with van der Waals surface area (Å²) in [6.07, 6.45) is 2.55. The van der Waals surface area contributed by atoms with Gasteiger partial charge in [0.25, 0.3) is 0 Å². The molecule has 1 aliphatic heterocycles. The maximum absolute atomic E-state index is 4.77. The number of anilines is 1. The van der Waals surface area contributed by atoms with Gasteiger partial charge in [-0.05, 0) is 45.7 Å². The summed E-state index contributed by atoms with van der Waals surface area (Å²) in [6, 6.07) is 2.12. The smallest absolute Gasteiger partial charge is 0.133 e. The first-order chi connectivity index (χ1) is 9.60. The van der Waals surface area contributed by atoms with Gasteiger partial charge in [-0.3, -0.25) is 0 Å². The predicted octanol–water partition coefficient (Wildman–Crippen LogP) is 2.73. The van der Waals surface area contributed by atoms with Crippen LogP contribution in [0.4, 0.5) is 5.82 Å². The van der Waals surface area contributed by atoms with Crippen molar-refractivity contribution in [1.82, 2.24) is 15.3 Å². The predicted molar refractivity (Wildman–Crippen MR) is 84.3 cm³/mol. The zero-order valence-corrected chi connectivity index (χ0v) is 13.3. The van der Waals surface area contributed by atoms with Gasteiger partial charge in [0.2, 0.25) is 0 Å². The molecule has 0 aromatic carbocycles. The lowest BCUT2D eigenvalue weighted by atomic mass is 9.97. The van der Waals surface area contributed by atoms with Crippen molar-refractivity contribution in [1.29, 1.82) is 0 Å². The number of hydrogen-bond acceptors (Lipinski definition) is 4. The van der Waals surface area contributed by atoms with Gasteiger partial charge >= 0.3 is 0 Å². The first-order valence-corrected chi connectivity index (χ1v) is 7.91. The van der Waals surface area contributed by atoms with Crippen molar-refractivity contribution in [2.75, 3.05) is 31.1 Å². The monoisotopic (exact) mass is 276 g/mol. The zero-order chi connectivity index (χ0) is 14.5. The first kappa shape index (κ1) is 15.2.